The molecule has 8 heteroatoms. The van der Waals surface area contributed by atoms with Crippen molar-refractivity contribution in [3.05, 3.63) is 28.0 Å². The molecule has 0 bridgehead atoms. The Bertz CT molecular complexity index is 467. The quantitative estimate of drug-likeness (QED) is 0.581. The van der Waals surface area contributed by atoms with Gasteiger partial charge >= 0.3 is 11.9 Å². The van der Waals surface area contributed by atoms with E-state index in [-0.39, 0.29) is 12.2 Å². The van der Waals surface area contributed by atoms with E-state index in [4.69, 9.17) is 5.11 Å². The van der Waals surface area contributed by atoms with E-state index in [0.717, 1.165) is 12.1 Å². The van der Waals surface area contributed by atoms with Crippen LogP contribution < -0.4 is 5.32 Å². The van der Waals surface area contributed by atoms with Crippen LogP contribution >= 0.6 is 0 Å². The fraction of sp³-hybridized carbons (Fsp3) is 0.400. The van der Waals surface area contributed by atoms with Crippen molar-refractivity contribution < 1.29 is 24.0 Å². The number of nitro groups is 1. The van der Waals surface area contributed by atoms with Gasteiger partial charge < -0.3 is 14.8 Å². The van der Waals surface area contributed by atoms with Gasteiger partial charge in [0.1, 0.15) is 11.0 Å². The van der Waals surface area contributed by atoms with Crippen molar-refractivity contribution in [2.24, 2.45) is 0 Å². The summed E-state index contributed by atoms with van der Waals surface area (Å²) in [6.45, 7) is 1.78. The van der Waals surface area contributed by atoms with Crippen LogP contribution in [0.5, 0.6) is 0 Å². The summed E-state index contributed by atoms with van der Waals surface area (Å²) >= 11 is 0. The van der Waals surface area contributed by atoms with Crippen LogP contribution in [0, 0.1) is 10.1 Å². The van der Waals surface area contributed by atoms with Gasteiger partial charge in [-0.15, -0.1) is 0 Å². The van der Waals surface area contributed by atoms with Crippen molar-refractivity contribution in [1.82, 2.24) is 5.32 Å². The number of carboxylic acid groups (broad SMARTS) is 1. The second-order valence-electron chi connectivity index (χ2n) is 3.55. The summed E-state index contributed by atoms with van der Waals surface area (Å²) in [5.41, 5.74) is 0. The zero-order valence-corrected chi connectivity index (χ0v) is 9.58. The molecule has 1 aromatic heterocycles. The standard InChI is InChI=1S/C10H12N2O6/c1-2-3-6(10(14)15)11-9(13)7-4-5-8(18-7)12(16)17/h4-6H,2-3H2,1H3,(H,11,13)(H,14,15)/t6-/m0/s1. The molecular formula is C10H12N2O6. The van der Waals surface area contributed by atoms with E-state index in [1.807, 2.05) is 0 Å². The molecule has 0 saturated heterocycles. The van der Waals surface area contributed by atoms with Gasteiger partial charge in [0.2, 0.25) is 0 Å². The zero-order chi connectivity index (χ0) is 13.7. The Kier molecular flexibility index (Phi) is 4.41. The number of carbonyl (C=O) groups is 2. The van der Waals surface area contributed by atoms with E-state index in [9.17, 15) is 19.7 Å². The molecule has 2 N–H and O–H groups in total. The van der Waals surface area contributed by atoms with Crippen molar-refractivity contribution in [1.29, 1.82) is 0 Å². The van der Waals surface area contributed by atoms with Crippen molar-refractivity contribution in [3.63, 3.8) is 0 Å². The predicted molar refractivity (Wildman–Crippen MR) is 59.2 cm³/mol. The molecule has 0 fully saturated rings. The second kappa shape index (κ2) is 5.80. The maximum Gasteiger partial charge on any atom is 0.433 e. The minimum absolute atomic E-state index is 0.268. The van der Waals surface area contributed by atoms with Crippen LogP contribution in [0.3, 0.4) is 0 Å². The predicted octanol–water partition coefficient (Wildman–Crippen LogP) is 1.17. The molecule has 0 radical (unpaired) electrons. The molecule has 0 aliphatic rings. The normalized spacial score (nSPS) is 11.8. The van der Waals surface area contributed by atoms with E-state index < -0.39 is 28.7 Å². The third-order valence-electron chi connectivity index (χ3n) is 2.18. The highest BCUT2D eigenvalue weighted by Crippen LogP contribution is 2.15. The Morgan fingerprint density at radius 3 is 2.67 bits per heavy atom. The van der Waals surface area contributed by atoms with Crippen molar-refractivity contribution in [2.75, 3.05) is 0 Å². The summed E-state index contributed by atoms with van der Waals surface area (Å²) in [6, 6.07) is 1.12. The number of nitrogens with one attached hydrogen (secondary N) is 1. The van der Waals surface area contributed by atoms with E-state index in [0.29, 0.717) is 6.42 Å². The van der Waals surface area contributed by atoms with Crippen LogP contribution in [0.2, 0.25) is 0 Å². The topological polar surface area (TPSA) is 123 Å². The first-order chi connectivity index (χ1) is 8.45. The highest BCUT2D eigenvalue weighted by molar-refractivity contribution is 5.94. The monoisotopic (exact) mass is 256 g/mol. The second-order valence-corrected chi connectivity index (χ2v) is 3.55. The molecule has 1 amide bonds. The summed E-state index contributed by atoms with van der Waals surface area (Å²) in [6.07, 6.45) is 0.847. The van der Waals surface area contributed by atoms with Gasteiger partial charge in [0, 0.05) is 0 Å². The number of carbonyl (C=O) groups excluding carboxylic acids is 1. The van der Waals surface area contributed by atoms with Crippen LogP contribution in [0.1, 0.15) is 30.3 Å². The van der Waals surface area contributed by atoms with Crippen molar-refractivity contribution in [3.8, 4) is 0 Å². The molecule has 98 valence electrons. The third-order valence-corrected chi connectivity index (χ3v) is 2.18. The number of rotatable bonds is 6. The average molecular weight is 256 g/mol. The lowest BCUT2D eigenvalue weighted by Gasteiger charge is -2.11. The van der Waals surface area contributed by atoms with Gasteiger partial charge in [-0.1, -0.05) is 13.3 Å². The van der Waals surface area contributed by atoms with Gasteiger partial charge in [0.05, 0.1) is 6.07 Å². The Morgan fingerprint density at radius 2 is 2.22 bits per heavy atom. The molecule has 1 heterocycles. The molecule has 18 heavy (non-hydrogen) atoms. The van der Waals surface area contributed by atoms with E-state index in [1.54, 1.807) is 6.92 Å². The molecule has 0 saturated carbocycles. The van der Waals surface area contributed by atoms with E-state index in [1.165, 1.54) is 0 Å². The van der Waals surface area contributed by atoms with Crippen LogP contribution in [-0.2, 0) is 4.79 Å². The van der Waals surface area contributed by atoms with Crippen molar-refractivity contribution >= 4 is 17.8 Å². The van der Waals surface area contributed by atoms with E-state index >= 15 is 0 Å². The number of hydrogen-bond donors (Lipinski definition) is 2. The van der Waals surface area contributed by atoms with Crippen LogP contribution in [-0.4, -0.2) is 27.9 Å². The van der Waals surface area contributed by atoms with Gasteiger partial charge in [-0.3, -0.25) is 14.9 Å². The Hall–Kier alpha value is -2.38. The van der Waals surface area contributed by atoms with Crippen LogP contribution in [0.4, 0.5) is 5.88 Å². The summed E-state index contributed by atoms with van der Waals surface area (Å²) in [4.78, 5) is 32.0. The van der Waals surface area contributed by atoms with Crippen LogP contribution in [0.15, 0.2) is 16.5 Å². The smallest absolute Gasteiger partial charge is 0.433 e. The Morgan fingerprint density at radius 1 is 1.56 bits per heavy atom. The minimum Gasteiger partial charge on any atom is -0.480 e. The molecule has 8 nitrogen and oxygen atoms in total. The zero-order valence-electron chi connectivity index (χ0n) is 9.58. The molecule has 0 spiro atoms. The lowest BCUT2D eigenvalue weighted by Crippen LogP contribution is -2.40. The summed E-state index contributed by atoms with van der Waals surface area (Å²) in [7, 11) is 0. The molecule has 0 unspecified atom stereocenters. The first kappa shape index (κ1) is 13.7. The number of aliphatic carboxylic acids is 1. The minimum atomic E-state index is -1.16. The van der Waals surface area contributed by atoms with E-state index in [2.05, 4.69) is 9.73 Å². The molecule has 1 atom stereocenters. The molecule has 0 aliphatic carbocycles. The Balaban J connectivity index is 2.74. The highest BCUT2D eigenvalue weighted by Gasteiger charge is 2.23. The maximum absolute atomic E-state index is 11.6. The average Bonchev–Trinajstić information content (AvgIpc) is 2.77. The SMILES string of the molecule is CCC[C@H](NC(=O)c1ccc([N+](=O)[O-])o1)C(=O)O. The third kappa shape index (κ3) is 3.30. The van der Waals surface area contributed by atoms with Gasteiger partial charge in [-0.2, -0.15) is 0 Å². The first-order valence-electron chi connectivity index (χ1n) is 5.23. The van der Waals surface area contributed by atoms with Crippen molar-refractivity contribution in [2.45, 2.75) is 25.8 Å². The first-order valence-corrected chi connectivity index (χ1v) is 5.23. The molecule has 0 aliphatic heterocycles. The van der Waals surface area contributed by atoms with Gasteiger partial charge in [0.15, 0.2) is 5.76 Å². The van der Waals surface area contributed by atoms with Gasteiger partial charge in [0.25, 0.3) is 5.91 Å². The number of furan rings is 1. The summed E-state index contributed by atoms with van der Waals surface area (Å²) in [5, 5.41) is 21.4. The lowest BCUT2D eigenvalue weighted by molar-refractivity contribution is -0.402. The van der Waals surface area contributed by atoms with Gasteiger partial charge in [-0.05, 0) is 12.5 Å². The molecule has 1 rings (SSSR count). The molecule has 0 aromatic carbocycles. The molecular weight excluding hydrogens is 244 g/mol. The highest BCUT2D eigenvalue weighted by atomic mass is 16.6. The largest absolute Gasteiger partial charge is 0.480 e. The Labute approximate surface area is 102 Å². The lowest BCUT2D eigenvalue weighted by atomic mass is 10.1. The number of amides is 1. The van der Waals surface area contributed by atoms with Crippen LogP contribution in [0.25, 0.3) is 0 Å². The van der Waals surface area contributed by atoms with Gasteiger partial charge in [-0.25, -0.2) is 4.79 Å². The fourth-order valence-corrected chi connectivity index (χ4v) is 1.32. The number of nitrogens with zero attached hydrogens (tertiary/aromatic N) is 1. The number of carboxylic acids is 1. The summed E-state index contributed by atoms with van der Waals surface area (Å²) in [5.74, 6) is -2.80. The summed E-state index contributed by atoms with van der Waals surface area (Å²) < 4.78 is 4.66. The molecule has 1 aromatic rings. The number of hydrogen-bond acceptors (Lipinski definition) is 5. The maximum atomic E-state index is 11.6. The fourth-order valence-electron chi connectivity index (χ4n) is 1.32.